The molecule has 5 nitrogen and oxygen atoms in total. The Hall–Kier alpha value is -7.41. The van der Waals surface area contributed by atoms with Gasteiger partial charge >= 0.3 is 0 Å². The fraction of sp³-hybridized carbons (Fsp3) is 0. The summed E-state index contributed by atoms with van der Waals surface area (Å²) in [6.45, 7) is 0. The molecule has 12 rings (SSSR count). The highest BCUT2D eigenvalue weighted by Crippen LogP contribution is 2.44. The summed E-state index contributed by atoms with van der Waals surface area (Å²) in [7, 11) is 0. The van der Waals surface area contributed by atoms with Crippen molar-refractivity contribution in [3.8, 4) is 51.0 Å². The summed E-state index contributed by atoms with van der Waals surface area (Å²) in [4.78, 5) is 15.5. The number of nitrogens with zero attached hydrogens (tertiary/aromatic N) is 4. The SMILES string of the molecule is [2H]c1cc([2H])c2c(c1[2H])c1c([2H])c([2H])cc([2H])c1n2-c1c(-c2nc(-c3ccccc3)nc(-c3ccc4sc5ccccc5c4c3)n2)cccc1-c1cccc2c1oc1ccccc12. The Morgan fingerprint density at radius 3 is 1.91 bits per heavy atom. The highest BCUT2D eigenvalue weighted by Gasteiger charge is 2.24. The Kier molecular flexibility index (Phi) is 5.82. The van der Waals surface area contributed by atoms with Crippen molar-refractivity contribution >= 4 is 75.3 Å². The number of thiophene rings is 1. The van der Waals surface area contributed by atoms with Crippen molar-refractivity contribution < 1.29 is 12.6 Å². The lowest BCUT2D eigenvalue weighted by atomic mass is 9.97. The van der Waals surface area contributed by atoms with Gasteiger partial charge in [-0.2, -0.15) is 0 Å². The van der Waals surface area contributed by atoms with Crippen molar-refractivity contribution in [1.82, 2.24) is 19.5 Å². The van der Waals surface area contributed by atoms with E-state index in [4.69, 9.17) is 22.1 Å². The van der Waals surface area contributed by atoms with Gasteiger partial charge < -0.3 is 8.98 Å². The quantitative estimate of drug-likeness (QED) is 0.176. The molecule has 8 aromatic carbocycles. The van der Waals surface area contributed by atoms with Crippen LogP contribution in [0.3, 0.4) is 0 Å². The van der Waals surface area contributed by atoms with Gasteiger partial charge in [0.15, 0.2) is 17.5 Å². The molecule has 0 atom stereocenters. The van der Waals surface area contributed by atoms with Crippen molar-refractivity contribution in [2.45, 2.75) is 0 Å². The van der Waals surface area contributed by atoms with E-state index in [-0.39, 0.29) is 58.1 Å². The summed E-state index contributed by atoms with van der Waals surface area (Å²) in [6, 6.07) is 45.5. The van der Waals surface area contributed by atoms with Crippen molar-refractivity contribution in [3.63, 3.8) is 0 Å². The van der Waals surface area contributed by atoms with E-state index >= 15 is 0 Å². The number of para-hydroxylation sites is 5. The third kappa shape index (κ3) is 4.98. The maximum Gasteiger partial charge on any atom is 0.166 e. The molecule has 6 heteroatoms. The molecule has 4 heterocycles. The average molecular weight is 753 g/mol. The fourth-order valence-electron chi connectivity index (χ4n) is 8.09. The highest BCUT2D eigenvalue weighted by atomic mass is 32.1. The minimum absolute atomic E-state index is 0.0761. The molecule has 0 amide bonds. The number of aromatic nitrogens is 4. The minimum atomic E-state index is -0.202. The van der Waals surface area contributed by atoms with E-state index in [1.807, 2.05) is 109 Å². The molecule has 0 spiro atoms. The highest BCUT2D eigenvalue weighted by molar-refractivity contribution is 7.25. The lowest BCUT2D eigenvalue weighted by molar-refractivity contribution is 0.670. The van der Waals surface area contributed by atoms with Crippen LogP contribution in [0.5, 0.6) is 0 Å². The lowest BCUT2D eigenvalue weighted by Gasteiger charge is -2.19. The standard InChI is InChI=1S/C51H30N4OS/c1-2-14-31(15-3-1)49-52-50(32-28-29-46-41(30-32)36-19-7-11-27-45(36)57-46)54-51(53-49)40-23-12-20-37(39-22-13-21-38-35-18-6-10-26-44(35)56-48(38)39)47(40)55-42-24-8-4-16-33(42)34-17-5-9-25-43(34)55/h1-30H/i4D,5D,16D,17D,24D,25D. The van der Waals surface area contributed by atoms with Crippen LogP contribution in [-0.4, -0.2) is 19.5 Å². The van der Waals surface area contributed by atoms with E-state index in [1.165, 1.54) is 16.8 Å². The van der Waals surface area contributed by atoms with Gasteiger partial charge in [0.25, 0.3) is 0 Å². The number of hydrogen-bond donors (Lipinski definition) is 0. The number of hydrogen-bond acceptors (Lipinski definition) is 5. The largest absolute Gasteiger partial charge is 0.455 e. The van der Waals surface area contributed by atoms with Crippen LogP contribution in [0.2, 0.25) is 0 Å². The summed E-state index contributed by atoms with van der Waals surface area (Å²) in [6.07, 6.45) is 0. The molecule has 12 aromatic rings. The van der Waals surface area contributed by atoms with Crippen LogP contribution >= 0.6 is 11.3 Å². The van der Waals surface area contributed by atoms with E-state index in [9.17, 15) is 5.48 Å². The first kappa shape index (κ1) is 26.4. The van der Waals surface area contributed by atoms with Crippen molar-refractivity contribution in [1.29, 1.82) is 0 Å². The van der Waals surface area contributed by atoms with Gasteiger partial charge in [0, 0.05) is 69.5 Å². The summed E-state index contributed by atoms with van der Waals surface area (Å²) >= 11 is 1.73. The van der Waals surface area contributed by atoms with Gasteiger partial charge in [0.05, 0.1) is 24.9 Å². The second kappa shape index (κ2) is 12.6. The van der Waals surface area contributed by atoms with Crippen molar-refractivity contribution in [3.05, 3.63) is 182 Å². The molecule has 0 N–H and O–H groups in total. The van der Waals surface area contributed by atoms with E-state index in [2.05, 4.69) is 24.3 Å². The summed E-state index contributed by atoms with van der Waals surface area (Å²) in [5.41, 5.74) is 5.69. The lowest BCUT2D eigenvalue weighted by Crippen LogP contribution is -2.05. The molecule has 0 radical (unpaired) electrons. The molecular formula is C51H30N4OS. The van der Waals surface area contributed by atoms with Crippen LogP contribution in [0.25, 0.3) is 115 Å². The zero-order chi connectivity index (χ0) is 42.7. The molecular weight excluding hydrogens is 717 g/mol. The normalized spacial score (nSPS) is 13.3. The smallest absolute Gasteiger partial charge is 0.166 e. The summed E-state index contributed by atoms with van der Waals surface area (Å²) in [5.74, 6) is 1.18. The van der Waals surface area contributed by atoms with Crippen LogP contribution in [-0.2, 0) is 0 Å². The third-order valence-corrected chi connectivity index (χ3v) is 11.8. The van der Waals surface area contributed by atoms with Gasteiger partial charge in [-0.25, -0.2) is 15.0 Å². The summed E-state index contributed by atoms with van der Waals surface area (Å²) in [5, 5.41) is 4.37. The molecule has 0 aliphatic heterocycles. The van der Waals surface area contributed by atoms with Crippen LogP contribution in [0.1, 0.15) is 8.22 Å². The van der Waals surface area contributed by atoms with Crippen LogP contribution in [0, 0.1) is 0 Å². The van der Waals surface area contributed by atoms with Crippen molar-refractivity contribution in [2.24, 2.45) is 0 Å². The second-order valence-electron chi connectivity index (χ2n) is 13.9. The van der Waals surface area contributed by atoms with Gasteiger partial charge in [-0.1, -0.05) is 133 Å². The third-order valence-electron chi connectivity index (χ3n) is 10.6. The summed E-state index contributed by atoms with van der Waals surface area (Å²) < 4.78 is 65.3. The maximum absolute atomic E-state index is 9.42. The molecule has 0 aliphatic carbocycles. The average Bonchev–Trinajstić information content (AvgIpc) is 4.00. The predicted octanol–water partition coefficient (Wildman–Crippen LogP) is 13.9. The van der Waals surface area contributed by atoms with Gasteiger partial charge in [0.2, 0.25) is 0 Å². The Morgan fingerprint density at radius 1 is 0.456 bits per heavy atom. The van der Waals surface area contributed by atoms with E-state index in [1.54, 1.807) is 15.9 Å². The zero-order valence-electron chi connectivity index (χ0n) is 36.0. The zero-order valence-corrected chi connectivity index (χ0v) is 30.8. The first-order valence-corrected chi connectivity index (χ1v) is 19.3. The molecule has 57 heavy (non-hydrogen) atoms. The van der Waals surface area contributed by atoms with Gasteiger partial charge in [-0.15, -0.1) is 11.3 Å². The monoisotopic (exact) mass is 752 g/mol. The first-order chi connectivity index (χ1) is 30.7. The van der Waals surface area contributed by atoms with E-state index in [0.29, 0.717) is 51.0 Å². The number of furan rings is 1. The van der Waals surface area contributed by atoms with Crippen molar-refractivity contribution in [2.75, 3.05) is 0 Å². The van der Waals surface area contributed by atoms with E-state index in [0.717, 1.165) is 37.4 Å². The van der Waals surface area contributed by atoms with Crippen LogP contribution in [0.15, 0.2) is 186 Å². The van der Waals surface area contributed by atoms with Gasteiger partial charge in [-0.05, 0) is 48.5 Å². The number of benzene rings is 8. The van der Waals surface area contributed by atoms with Crippen LogP contribution in [0.4, 0.5) is 0 Å². The Balaban J connectivity index is 1.24. The fourth-order valence-corrected chi connectivity index (χ4v) is 9.17. The number of rotatable bonds is 5. The topological polar surface area (TPSA) is 56.7 Å². The van der Waals surface area contributed by atoms with E-state index < -0.39 is 0 Å². The molecule has 4 aromatic heterocycles. The predicted molar refractivity (Wildman–Crippen MR) is 236 cm³/mol. The van der Waals surface area contributed by atoms with Crippen LogP contribution < -0.4 is 0 Å². The Bertz CT molecular complexity index is 3830. The molecule has 0 aliphatic rings. The molecule has 0 saturated heterocycles. The van der Waals surface area contributed by atoms with Gasteiger partial charge in [-0.3, -0.25) is 0 Å². The first-order valence-electron chi connectivity index (χ1n) is 21.5. The molecule has 0 fully saturated rings. The molecule has 0 saturated carbocycles. The van der Waals surface area contributed by atoms with Gasteiger partial charge in [0.1, 0.15) is 11.2 Å². The molecule has 266 valence electrons. The molecule has 0 unspecified atom stereocenters. The second-order valence-corrected chi connectivity index (χ2v) is 14.9. The maximum atomic E-state index is 9.42. The molecule has 0 bridgehead atoms. The Morgan fingerprint density at radius 2 is 1.09 bits per heavy atom. The minimum Gasteiger partial charge on any atom is -0.455 e. The Labute approximate surface area is 339 Å². The number of fused-ring (bicyclic) bond motifs is 9.